The number of benzene rings is 2. The molecule has 27 heavy (non-hydrogen) atoms. The highest BCUT2D eigenvalue weighted by Crippen LogP contribution is 2.24. The fourth-order valence-corrected chi connectivity index (χ4v) is 3.25. The molecule has 2 aromatic rings. The Balaban J connectivity index is 1.70. The van der Waals surface area contributed by atoms with Gasteiger partial charge in [0.1, 0.15) is 6.10 Å². The molecule has 1 heterocycles. The van der Waals surface area contributed by atoms with Crippen LogP contribution in [0.25, 0.3) is 11.1 Å². The molecule has 2 aromatic carbocycles. The Morgan fingerprint density at radius 2 is 1.85 bits per heavy atom. The van der Waals surface area contributed by atoms with Gasteiger partial charge in [0.15, 0.2) is 0 Å². The summed E-state index contributed by atoms with van der Waals surface area (Å²) in [7, 11) is 3.47. The first-order valence-corrected chi connectivity index (χ1v) is 8.92. The number of hydrogen-bond acceptors (Lipinski definition) is 4. The lowest BCUT2D eigenvalue weighted by atomic mass is 9.98. The smallest absolute Gasteiger partial charge is 0.336 e. The summed E-state index contributed by atoms with van der Waals surface area (Å²) < 4.78 is 5.59. The van der Waals surface area contributed by atoms with Crippen molar-refractivity contribution in [3.63, 3.8) is 0 Å². The van der Waals surface area contributed by atoms with Crippen molar-refractivity contribution in [1.29, 1.82) is 0 Å². The van der Waals surface area contributed by atoms with Gasteiger partial charge in [0.05, 0.1) is 12.2 Å². The van der Waals surface area contributed by atoms with Gasteiger partial charge in [-0.2, -0.15) is 0 Å². The summed E-state index contributed by atoms with van der Waals surface area (Å²) in [5.74, 6) is -0.945. The minimum Gasteiger partial charge on any atom is -0.478 e. The van der Waals surface area contributed by atoms with Crippen LogP contribution < -0.4 is 0 Å². The number of morpholine rings is 1. The van der Waals surface area contributed by atoms with E-state index in [1.807, 2.05) is 36.4 Å². The van der Waals surface area contributed by atoms with Crippen molar-refractivity contribution in [2.75, 3.05) is 33.8 Å². The van der Waals surface area contributed by atoms with E-state index in [2.05, 4.69) is 4.90 Å². The van der Waals surface area contributed by atoms with E-state index < -0.39 is 12.1 Å². The lowest BCUT2D eigenvalue weighted by Crippen LogP contribution is -2.49. The predicted octanol–water partition coefficient (Wildman–Crippen LogP) is 2.34. The van der Waals surface area contributed by atoms with E-state index in [0.717, 1.165) is 24.2 Å². The number of carboxylic acid groups (broad SMARTS) is 1. The summed E-state index contributed by atoms with van der Waals surface area (Å²) in [5.41, 5.74) is 2.99. The molecule has 1 atom stereocenters. The zero-order valence-corrected chi connectivity index (χ0v) is 15.6. The summed E-state index contributed by atoms with van der Waals surface area (Å²) in [6.07, 6.45) is -0.421. The Morgan fingerprint density at radius 3 is 2.52 bits per heavy atom. The summed E-state index contributed by atoms with van der Waals surface area (Å²) >= 11 is 0. The fraction of sp³-hybridized carbons (Fsp3) is 0.333. The van der Waals surface area contributed by atoms with E-state index in [1.54, 1.807) is 31.1 Å². The van der Waals surface area contributed by atoms with Crippen LogP contribution in [0.1, 0.15) is 15.9 Å². The maximum Gasteiger partial charge on any atom is 0.336 e. The number of likely N-dealkylation sites (N-methyl/N-ethyl adjacent to an activating group) is 1. The third kappa shape index (κ3) is 4.53. The lowest BCUT2D eigenvalue weighted by Gasteiger charge is -2.33. The third-order valence-electron chi connectivity index (χ3n) is 4.70. The molecule has 0 aliphatic carbocycles. The second kappa shape index (κ2) is 8.33. The number of hydrogen-bond donors (Lipinski definition) is 1. The number of ether oxygens (including phenoxy) is 1. The zero-order valence-electron chi connectivity index (χ0n) is 15.6. The standard InChI is InChI=1S/C21H24N2O4/c1-22(2)20(24)19-14-23(11-12-27-19)13-15-7-9-16(10-8-15)17-5-3-4-6-18(17)21(25)26/h3-10,19H,11-14H2,1-2H3,(H,25,26)/t19-/m0/s1. The Hall–Kier alpha value is -2.70. The molecule has 6 nitrogen and oxygen atoms in total. The molecule has 0 saturated carbocycles. The summed E-state index contributed by atoms with van der Waals surface area (Å²) in [6, 6.07) is 14.9. The number of carboxylic acids is 1. The van der Waals surface area contributed by atoms with Gasteiger partial charge in [-0.05, 0) is 22.8 Å². The number of aromatic carboxylic acids is 1. The fourth-order valence-electron chi connectivity index (χ4n) is 3.25. The maximum atomic E-state index is 12.1. The zero-order chi connectivity index (χ0) is 19.4. The van der Waals surface area contributed by atoms with E-state index in [0.29, 0.717) is 24.3 Å². The Morgan fingerprint density at radius 1 is 1.15 bits per heavy atom. The first-order chi connectivity index (χ1) is 13.0. The second-order valence-corrected chi connectivity index (χ2v) is 6.87. The van der Waals surface area contributed by atoms with Crippen LogP contribution in [-0.4, -0.2) is 66.7 Å². The molecule has 6 heteroatoms. The molecule has 142 valence electrons. The van der Waals surface area contributed by atoms with E-state index in [4.69, 9.17) is 4.74 Å². The molecule has 0 bridgehead atoms. The van der Waals surface area contributed by atoms with Gasteiger partial charge in [0.2, 0.25) is 0 Å². The highest BCUT2D eigenvalue weighted by molar-refractivity contribution is 5.96. The van der Waals surface area contributed by atoms with Crippen molar-refractivity contribution in [2.45, 2.75) is 12.6 Å². The van der Waals surface area contributed by atoms with Crippen LogP contribution >= 0.6 is 0 Å². The highest BCUT2D eigenvalue weighted by Gasteiger charge is 2.27. The summed E-state index contributed by atoms with van der Waals surface area (Å²) in [4.78, 5) is 27.3. The van der Waals surface area contributed by atoms with Crippen molar-refractivity contribution in [3.05, 3.63) is 59.7 Å². The molecule has 0 aromatic heterocycles. The first-order valence-electron chi connectivity index (χ1n) is 8.92. The van der Waals surface area contributed by atoms with E-state index in [-0.39, 0.29) is 5.91 Å². The quantitative estimate of drug-likeness (QED) is 0.877. The van der Waals surface area contributed by atoms with Gasteiger partial charge in [-0.25, -0.2) is 4.79 Å². The van der Waals surface area contributed by atoms with Crippen LogP contribution in [0.5, 0.6) is 0 Å². The number of carbonyl (C=O) groups is 2. The number of rotatable bonds is 5. The predicted molar refractivity (Wildman–Crippen MR) is 103 cm³/mol. The van der Waals surface area contributed by atoms with Crippen LogP contribution in [-0.2, 0) is 16.1 Å². The molecule has 1 N–H and O–H groups in total. The molecule has 0 spiro atoms. The topological polar surface area (TPSA) is 70.1 Å². The van der Waals surface area contributed by atoms with Crippen LogP contribution in [0.3, 0.4) is 0 Å². The molecule has 1 aliphatic heterocycles. The molecule has 3 rings (SSSR count). The van der Waals surface area contributed by atoms with Gasteiger partial charge in [-0.1, -0.05) is 42.5 Å². The van der Waals surface area contributed by atoms with E-state index >= 15 is 0 Å². The van der Waals surface area contributed by atoms with Crippen LogP contribution in [0.15, 0.2) is 48.5 Å². The molecule has 1 fully saturated rings. The molecule has 1 amide bonds. The molecular formula is C21H24N2O4. The average molecular weight is 368 g/mol. The van der Waals surface area contributed by atoms with Gasteiger partial charge >= 0.3 is 5.97 Å². The van der Waals surface area contributed by atoms with E-state index in [1.165, 1.54) is 0 Å². The van der Waals surface area contributed by atoms with Gasteiger partial charge in [-0.15, -0.1) is 0 Å². The normalized spacial score (nSPS) is 17.5. The molecule has 0 unspecified atom stereocenters. The molecule has 1 saturated heterocycles. The van der Waals surface area contributed by atoms with Gasteiger partial charge in [0.25, 0.3) is 5.91 Å². The van der Waals surface area contributed by atoms with Crippen molar-refractivity contribution in [1.82, 2.24) is 9.80 Å². The van der Waals surface area contributed by atoms with Crippen LogP contribution in [0.4, 0.5) is 0 Å². The van der Waals surface area contributed by atoms with Crippen LogP contribution in [0, 0.1) is 0 Å². The Bertz CT molecular complexity index is 817. The Kier molecular flexibility index (Phi) is 5.88. The monoisotopic (exact) mass is 368 g/mol. The van der Waals surface area contributed by atoms with Crippen molar-refractivity contribution in [3.8, 4) is 11.1 Å². The first kappa shape index (κ1) is 19.1. The minimum atomic E-state index is -0.931. The van der Waals surface area contributed by atoms with Gasteiger partial charge in [0, 0.05) is 33.7 Å². The Labute approximate surface area is 159 Å². The largest absolute Gasteiger partial charge is 0.478 e. The van der Waals surface area contributed by atoms with Crippen molar-refractivity contribution < 1.29 is 19.4 Å². The third-order valence-corrected chi connectivity index (χ3v) is 4.70. The van der Waals surface area contributed by atoms with Crippen LogP contribution in [0.2, 0.25) is 0 Å². The van der Waals surface area contributed by atoms with Gasteiger partial charge in [-0.3, -0.25) is 9.69 Å². The molecular weight excluding hydrogens is 344 g/mol. The number of carbonyl (C=O) groups excluding carboxylic acids is 1. The SMILES string of the molecule is CN(C)C(=O)[C@@H]1CN(Cc2ccc(-c3ccccc3C(=O)O)cc2)CCO1. The number of amides is 1. The second-order valence-electron chi connectivity index (χ2n) is 6.87. The maximum absolute atomic E-state index is 12.1. The van der Waals surface area contributed by atoms with Crippen molar-refractivity contribution >= 4 is 11.9 Å². The molecule has 1 aliphatic rings. The van der Waals surface area contributed by atoms with Gasteiger partial charge < -0.3 is 14.7 Å². The minimum absolute atomic E-state index is 0.0136. The highest BCUT2D eigenvalue weighted by atomic mass is 16.5. The summed E-state index contributed by atoms with van der Waals surface area (Å²) in [6.45, 7) is 2.61. The lowest BCUT2D eigenvalue weighted by molar-refractivity contribution is -0.147. The molecule has 0 radical (unpaired) electrons. The van der Waals surface area contributed by atoms with E-state index in [9.17, 15) is 14.7 Å². The number of nitrogens with zero attached hydrogens (tertiary/aromatic N) is 2. The summed E-state index contributed by atoms with van der Waals surface area (Å²) in [5, 5.41) is 9.36. The average Bonchev–Trinajstić information content (AvgIpc) is 2.68. The van der Waals surface area contributed by atoms with Crippen molar-refractivity contribution in [2.24, 2.45) is 0 Å².